The zero-order chi connectivity index (χ0) is 20.5. The second-order valence-corrected chi connectivity index (χ2v) is 8.27. The zero-order valence-electron chi connectivity index (χ0n) is 16.1. The molecule has 2 rings (SSSR count). The first-order valence-electron chi connectivity index (χ1n) is 9.39. The van der Waals surface area contributed by atoms with Crippen LogP contribution in [0.4, 0.5) is 0 Å². The van der Waals surface area contributed by atoms with Gasteiger partial charge in [0, 0.05) is 35.0 Å². The molecule has 1 amide bonds. The van der Waals surface area contributed by atoms with Crippen molar-refractivity contribution in [1.29, 1.82) is 0 Å². The van der Waals surface area contributed by atoms with Gasteiger partial charge in [0.25, 0.3) is 0 Å². The van der Waals surface area contributed by atoms with Crippen molar-refractivity contribution < 1.29 is 14.7 Å². The Kier molecular flexibility index (Phi) is 8.86. The van der Waals surface area contributed by atoms with Crippen LogP contribution < -0.4 is 5.32 Å². The lowest BCUT2D eigenvalue weighted by atomic mass is 10.1. The van der Waals surface area contributed by atoms with Gasteiger partial charge in [-0.15, -0.1) is 0 Å². The van der Waals surface area contributed by atoms with Crippen LogP contribution in [0.2, 0.25) is 5.02 Å². The quantitative estimate of drug-likeness (QED) is 0.473. The van der Waals surface area contributed by atoms with E-state index in [4.69, 9.17) is 11.6 Å². The van der Waals surface area contributed by atoms with Gasteiger partial charge in [-0.1, -0.05) is 55.4 Å². The number of nitrogens with one attached hydrogen (secondary N) is 2. The van der Waals surface area contributed by atoms with E-state index in [1.54, 1.807) is 18.0 Å². The summed E-state index contributed by atoms with van der Waals surface area (Å²) >= 11 is 7.87. The minimum absolute atomic E-state index is 0.166. The van der Waals surface area contributed by atoms with Gasteiger partial charge < -0.3 is 15.4 Å². The number of carboxylic acid groups (broad SMARTS) is 1. The lowest BCUT2D eigenvalue weighted by Gasteiger charge is -2.14. The van der Waals surface area contributed by atoms with E-state index >= 15 is 0 Å². The highest BCUT2D eigenvalue weighted by molar-refractivity contribution is 7.99. The maximum absolute atomic E-state index is 11.7. The number of nitrogens with zero attached hydrogens (tertiary/aromatic N) is 1. The van der Waals surface area contributed by atoms with Gasteiger partial charge in [-0.25, -0.2) is 9.78 Å². The molecule has 0 saturated heterocycles. The van der Waals surface area contributed by atoms with Crippen molar-refractivity contribution in [1.82, 2.24) is 15.3 Å². The van der Waals surface area contributed by atoms with Crippen molar-refractivity contribution in [2.24, 2.45) is 0 Å². The maximum Gasteiger partial charge on any atom is 0.326 e. The molecule has 2 aromatic rings. The van der Waals surface area contributed by atoms with Crippen LogP contribution in [0.5, 0.6) is 0 Å². The Morgan fingerprint density at radius 3 is 2.68 bits per heavy atom. The summed E-state index contributed by atoms with van der Waals surface area (Å²) in [5.74, 6) is -1.31. The first-order chi connectivity index (χ1) is 13.4. The highest BCUT2D eigenvalue weighted by atomic mass is 35.5. The molecule has 152 valence electrons. The molecule has 1 aromatic carbocycles. The predicted molar refractivity (Wildman–Crippen MR) is 112 cm³/mol. The van der Waals surface area contributed by atoms with Crippen molar-refractivity contribution in [2.45, 2.75) is 62.4 Å². The fourth-order valence-electron chi connectivity index (χ4n) is 2.75. The number of imidazole rings is 1. The van der Waals surface area contributed by atoms with Crippen LogP contribution in [0.3, 0.4) is 0 Å². The summed E-state index contributed by atoms with van der Waals surface area (Å²) in [5, 5.41) is 13.7. The third kappa shape index (κ3) is 6.87. The van der Waals surface area contributed by atoms with Gasteiger partial charge in [0.2, 0.25) is 5.91 Å². The summed E-state index contributed by atoms with van der Waals surface area (Å²) in [7, 11) is 0. The number of rotatable bonds is 11. The van der Waals surface area contributed by atoms with Crippen LogP contribution >= 0.6 is 23.4 Å². The number of halogens is 1. The van der Waals surface area contributed by atoms with Crippen LogP contribution in [0.25, 0.3) is 0 Å². The molecule has 0 aliphatic carbocycles. The number of thioether (sulfide) groups is 1. The fraction of sp³-hybridized carbons (Fsp3) is 0.450. The average molecular weight is 424 g/mol. The highest BCUT2D eigenvalue weighted by Crippen LogP contribution is 2.28. The number of hydrogen-bond acceptors (Lipinski definition) is 4. The maximum atomic E-state index is 11.7. The standard InChI is InChI=1S/C20H26ClN3O3S/c1-3-7-18(25)24-17(19(26)27)11-14-12-22-20(23-14)28-15(4-2)10-13-8-5-6-9-16(13)21/h5-6,8-9,12,15,17H,3-4,7,10-11H2,1-2H3,(H,22,23)(H,24,25)(H,26,27). The molecule has 1 heterocycles. The molecule has 0 bridgehead atoms. The van der Waals surface area contributed by atoms with Gasteiger partial charge in [0.15, 0.2) is 5.16 Å². The molecule has 0 radical (unpaired) electrons. The molecule has 2 atom stereocenters. The largest absolute Gasteiger partial charge is 0.480 e. The molecule has 8 heteroatoms. The van der Waals surface area contributed by atoms with E-state index in [2.05, 4.69) is 22.2 Å². The van der Waals surface area contributed by atoms with E-state index in [0.717, 1.165) is 28.6 Å². The van der Waals surface area contributed by atoms with Gasteiger partial charge in [-0.2, -0.15) is 0 Å². The molecular weight excluding hydrogens is 398 g/mol. The van der Waals surface area contributed by atoms with E-state index in [0.29, 0.717) is 23.8 Å². The number of carbonyl (C=O) groups excluding carboxylic acids is 1. The van der Waals surface area contributed by atoms with Crippen molar-refractivity contribution in [3.8, 4) is 0 Å². The molecule has 0 saturated carbocycles. The second-order valence-electron chi connectivity index (χ2n) is 6.57. The van der Waals surface area contributed by atoms with Gasteiger partial charge in [-0.3, -0.25) is 4.79 Å². The number of hydrogen-bond donors (Lipinski definition) is 3. The smallest absolute Gasteiger partial charge is 0.326 e. The van der Waals surface area contributed by atoms with Gasteiger partial charge in [-0.05, 0) is 30.9 Å². The minimum atomic E-state index is -1.06. The summed E-state index contributed by atoms with van der Waals surface area (Å²) in [6, 6.07) is 6.83. The Balaban J connectivity index is 1.98. The molecule has 2 unspecified atom stereocenters. The molecule has 0 fully saturated rings. The van der Waals surface area contributed by atoms with Gasteiger partial charge in [0.05, 0.1) is 0 Å². The molecular formula is C20H26ClN3O3S. The fourth-order valence-corrected chi connectivity index (χ4v) is 4.01. The Hall–Kier alpha value is -1.99. The molecule has 3 N–H and O–H groups in total. The normalized spacial score (nSPS) is 13.1. The van der Waals surface area contributed by atoms with E-state index < -0.39 is 12.0 Å². The number of carbonyl (C=O) groups is 2. The number of aliphatic carboxylic acids is 1. The van der Waals surface area contributed by atoms with E-state index in [9.17, 15) is 14.7 Å². The Bertz CT molecular complexity index is 797. The SMILES string of the molecule is CCCC(=O)NC(Cc1cnc(SC(CC)Cc2ccccc2Cl)[nH]1)C(=O)O. The summed E-state index contributed by atoms with van der Waals surface area (Å²) in [4.78, 5) is 30.7. The summed E-state index contributed by atoms with van der Waals surface area (Å²) in [6.45, 7) is 3.99. The average Bonchev–Trinajstić information content (AvgIpc) is 3.09. The Morgan fingerprint density at radius 1 is 1.29 bits per heavy atom. The minimum Gasteiger partial charge on any atom is -0.480 e. The van der Waals surface area contributed by atoms with Crippen molar-refractivity contribution >= 4 is 35.2 Å². The summed E-state index contributed by atoms with van der Waals surface area (Å²) < 4.78 is 0. The van der Waals surface area contributed by atoms with Crippen LogP contribution in [0, 0.1) is 0 Å². The van der Waals surface area contributed by atoms with Crippen LogP contribution in [0.15, 0.2) is 35.6 Å². The van der Waals surface area contributed by atoms with Crippen molar-refractivity contribution in [2.75, 3.05) is 0 Å². The Morgan fingerprint density at radius 2 is 2.04 bits per heavy atom. The third-order valence-electron chi connectivity index (χ3n) is 4.28. The zero-order valence-corrected chi connectivity index (χ0v) is 17.6. The van der Waals surface area contributed by atoms with E-state index in [1.807, 2.05) is 31.2 Å². The number of amides is 1. The number of benzene rings is 1. The molecule has 0 aliphatic heterocycles. The Labute approximate surface area is 174 Å². The van der Waals surface area contributed by atoms with Crippen molar-refractivity contribution in [3.63, 3.8) is 0 Å². The third-order valence-corrected chi connectivity index (χ3v) is 5.91. The molecule has 0 spiro atoms. The molecule has 28 heavy (non-hydrogen) atoms. The summed E-state index contributed by atoms with van der Waals surface area (Å²) in [6.07, 6.45) is 4.55. The molecule has 1 aromatic heterocycles. The van der Waals surface area contributed by atoms with Gasteiger partial charge >= 0.3 is 5.97 Å². The summed E-state index contributed by atoms with van der Waals surface area (Å²) in [5.41, 5.74) is 1.78. The number of aromatic nitrogens is 2. The number of aromatic amines is 1. The van der Waals surface area contributed by atoms with Crippen molar-refractivity contribution in [3.05, 3.63) is 46.7 Å². The van der Waals surface area contributed by atoms with Crippen LogP contribution in [-0.4, -0.2) is 38.2 Å². The number of carboxylic acids is 1. The first kappa shape index (κ1) is 22.3. The lowest BCUT2D eigenvalue weighted by molar-refractivity contribution is -0.141. The lowest BCUT2D eigenvalue weighted by Crippen LogP contribution is -2.42. The highest BCUT2D eigenvalue weighted by Gasteiger charge is 2.21. The number of H-pyrrole nitrogens is 1. The van der Waals surface area contributed by atoms with Gasteiger partial charge in [0.1, 0.15) is 6.04 Å². The topological polar surface area (TPSA) is 95.1 Å². The monoisotopic (exact) mass is 423 g/mol. The van der Waals surface area contributed by atoms with Crippen LogP contribution in [0.1, 0.15) is 44.4 Å². The van der Waals surface area contributed by atoms with Crippen LogP contribution in [-0.2, 0) is 22.4 Å². The second kappa shape index (κ2) is 11.1. The van der Waals surface area contributed by atoms with E-state index in [1.165, 1.54) is 0 Å². The molecule has 0 aliphatic rings. The first-order valence-corrected chi connectivity index (χ1v) is 10.6. The predicted octanol–water partition coefficient (Wildman–Crippen LogP) is 4.09. The molecule has 6 nitrogen and oxygen atoms in total. The van der Waals surface area contributed by atoms with E-state index in [-0.39, 0.29) is 12.3 Å².